The van der Waals surface area contributed by atoms with E-state index in [0.717, 1.165) is 35.9 Å². The van der Waals surface area contributed by atoms with Crippen LogP contribution in [-0.4, -0.2) is 18.6 Å². The largest absolute Gasteiger partial charge is 0.494 e. The summed E-state index contributed by atoms with van der Waals surface area (Å²) >= 11 is 1.77. The molecular formula is C18H18N2OS. The number of hydrogen-bond acceptors (Lipinski definition) is 4. The van der Waals surface area contributed by atoms with E-state index in [1.165, 1.54) is 21.4 Å². The van der Waals surface area contributed by atoms with Gasteiger partial charge in [0.25, 0.3) is 0 Å². The van der Waals surface area contributed by atoms with Crippen LogP contribution in [0, 0.1) is 6.92 Å². The first kappa shape index (κ1) is 13.6. The number of benzene rings is 2. The Balaban J connectivity index is 1.75. The fourth-order valence-corrected chi connectivity index (χ4v) is 4.13. The minimum Gasteiger partial charge on any atom is -0.494 e. The number of rotatable bonds is 2. The maximum absolute atomic E-state index is 5.47. The lowest BCUT2D eigenvalue weighted by Gasteiger charge is -2.28. The maximum atomic E-state index is 5.47. The third kappa shape index (κ3) is 2.15. The number of anilines is 1. The van der Waals surface area contributed by atoms with Crippen molar-refractivity contribution in [1.82, 2.24) is 4.98 Å². The molecule has 0 radical (unpaired) electrons. The van der Waals surface area contributed by atoms with Crippen molar-refractivity contribution >= 4 is 26.7 Å². The minimum atomic E-state index is 0.862. The van der Waals surface area contributed by atoms with Gasteiger partial charge in [-0.3, -0.25) is 0 Å². The van der Waals surface area contributed by atoms with Crippen LogP contribution in [-0.2, 0) is 13.0 Å². The average Bonchev–Trinajstić information content (AvgIpc) is 3.01. The molecule has 0 aliphatic carbocycles. The molecule has 1 aliphatic rings. The molecule has 0 saturated heterocycles. The van der Waals surface area contributed by atoms with Crippen LogP contribution >= 0.6 is 11.3 Å². The molecule has 0 amide bonds. The number of ether oxygens (including phenoxy) is 1. The molecule has 1 aliphatic heterocycles. The third-order valence-electron chi connectivity index (χ3n) is 4.31. The van der Waals surface area contributed by atoms with E-state index in [0.29, 0.717) is 0 Å². The molecule has 3 nitrogen and oxygen atoms in total. The highest BCUT2D eigenvalue weighted by atomic mass is 32.1. The smallest absolute Gasteiger partial charge is 0.186 e. The summed E-state index contributed by atoms with van der Waals surface area (Å²) in [6.07, 6.45) is 1.09. The maximum Gasteiger partial charge on any atom is 0.186 e. The molecule has 4 heteroatoms. The van der Waals surface area contributed by atoms with Crippen LogP contribution in [0.15, 0.2) is 36.4 Å². The van der Waals surface area contributed by atoms with E-state index in [2.05, 4.69) is 42.2 Å². The number of methoxy groups -OCH3 is 1. The zero-order valence-corrected chi connectivity index (χ0v) is 13.6. The highest BCUT2D eigenvalue weighted by molar-refractivity contribution is 7.22. The van der Waals surface area contributed by atoms with E-state index >= 15 is 0 Å². The fraction of sp³-hybridized carbons (Fsp3) is 0.278. The number of aryl methyl sites for hydroxylation is 1. The van der Waals surface area contributed by atoms with Crippen molar-refractivity contribution in [3.8, 4) is 5.75 Å². The van der Waals surface area contributed by atoms with Gasteiger partial charge < -0.3 is 9.64 Å². The molecule has 0 fully saturated rings. The van der Waals surface area contributed by atoms with Gasteiger partial charge in [-0.1, -0.05) is 41.7 Å². The van der Waals surface area contributed by atoms with Gasteiger partial charge in [0.2, 0.25) is 0 Å². The van der Waals surface area contributed by atoms with Crippen LogP contribution < -0.4 is 9.64 Å². The first-order valence-corrected chi connectivity index (χ1v) is 8.34. The van der Waals surface area contributed by atoms with Gasteiger partial charge >= 0.3 is 0 Å². The Kier molecular flexibility index (Phi) is 3.26. The Morgan fingerprint density at radius 2 is 1.95 bits per heavy atom. The number of fused-ring (bicyclic) bond motifs is 2. The van der Waals surface area contributed by atoms with Gasteiger partial charge in [0.05, 0.1) is 11.8 Å². The summed E-state index contributed by atoms with van der Waals surface area (Å²) in [5.74, 6) is 0.862. The summed E-state index contributed by atoms with van der Waals surface area (Å²) in [4.78, 5) is 7.24. The van der Waals surface area contributed by atoms with Gasteiger partial charge in [0.1, 0.15) is 11.3 Å². The van der Waals surface area contributed by atoms with E-state index in [1.807, 2.05) is 6.07 Å². The molecule has 0 saturated carbocycles. The van der Waals surface area contributed by atoms with Gasteiger partial charge in [-0.25, -0.2) is 4.98 Å². The number of aromatic nitrogens is 1. The monoisotopic (exact) mass is 310 g/mol. The lowest BCUT2D eigenvalue weighted by molar-refractivity contribution is 0.419. The Morgan fingerprint density at radius 1 is 1.14 bits per heavy atom. The standard InChI is InChI=1S/C18H18N2OS/c1-12-7-8-15(21-2)16-17(12)22-18(19-16)20-10-9-13-5-3-4-6-14(13)11-20/h3-8H,9-11H2,1-2H3. The second-order valence-electron chi connectivity index (χ2n) is 5.70. The predicted molar refractivity (Wildman–Crippen MR) is 92.1 cm³/mol. The van der Waals surface area contributed by atoms with Crippen molar-refractivity contribution in [3.63, 3.8) is 0 Å². The molecule has 0 unspecified atom stereocenters. The van der Waals surface area contributed by atoms with Crippen molar-refractivity contribution in [3.05, 3.63) is 53.1 Å². The predicted octanol–water partition coefficient (Wildman–Crippen LogP) is 4.18. The highest BCUT2D eigenvalue weighted by Crippen LogP contribution is 2.37. The van der Waals surface area contributed by atoms with Crippen molar-refractivity contribution < 1.29 is 4.74 Å². The molecule has 4 rings (SSSR count). The number of hydrogen-bond donors (Lipinski definition) is 0. The van der Waals surface area contributed by atoms with Crippen molar-refractivity contribution in [1.29, 1.82) is 0 Å². The number of nitrogens with zero attached hydrogens (tertiary/aromatic N) is 2. The Hall–Kier alpha value is -2.07. The summed E-state index contributed by atoms with van der Waals surface area (Å²) in [6.45, 7) is 4.10. The van der Waals surface area contributed by atoms with Crippen molar-refractivity contribution in [2.24, 2.45) is 0 Å². The van der Waals surface area contributed by atoms with Crippen LogP contribution in [0.1, 0.15) is 16.7 Å². The van der Waals surface area contributed by atoms with E-state index < -0.39 is 0 Å². The molecule has 2 aromatic carbocycles. The minimum absolute atomic E-state index is 0.862. The third-order valence-corrected chi connectivity index (χ3v) is 5.56. The summed E-state index contributed by atoms with van der Waals surface area (Å²) in [7, 11) is 1.71. The van der Waals surface area contributed by atoms with Crippen LogP contribution in [0.3, 0.4) is 0 Å². The van der Waals surface area contributed by atoms with Crippen LogP contribution in [0.5, 0.6) is 5.75 Å². The van der Waals surface area contributed by atoms with E-state index in [4.69, 9.17) is 9.72 Å². The van der Waals surface area contributed by atoms with Gasteiger partial charge in [-0.2, -0.15) is 0 Å². The lowest BCUT2D eigenvalue weighted by Crippen LogP contribution is -2.30. The molecule has 0 atom stereocenters. The molecule has 2 heterocycles. The second kappa shape index (κ2) is 5.29. The SMILES string of the molecule is COc1ccc(C)c2sc(N3CCc4ccccc4C3)nc12. The average molecular weight is 310 g/mol. The van der Waals surface area contributed by atoms with Gasteiger partial charge in [0, 0.05) is 13.1 Å². The van der Waals surface area contributed by atoms with Gasteiger partial charge in [0.15, 0.2) is 5.13 Å². The first-order valence-electron chi connectivity index (χ1n) is 7.52. The van der Waals surface area contributed by atoms with E-state index in [1.54, 1.807) is 18.4 Å². The molecule has 112 valence electrons. The topological polar surface area (TPSA) is 25.4 Å². The number of thiazole rings is 1. The lowest BCUT2D eigenvalue weighted by atomic mass is 10.0. The summed E-state index contributed by atoms with van der Waals surface area (Å²) < 4.78 is 6.69. The van der Waals surface area contributed by atoms with Crippen molar-refractivity contribution in [2.45, 2.75) is 19.9 Å². The quantitative estimate of drug-likeness (QED) is 0.710. The molecule has 22 heavy (non-hydrogen) atoms. The van der Waals surface area contributed by atoms with Crippen LogP contribution in [0.25, 0.3) is 10.2 Å². The fourth-order valence-electron chi connectivity index (χ4n) is 3.06. The molecule has 0 N–H and O–H groups in total. The highest BCUT2D eigenvalue weighted by Gasteiger charge is 2.20. The van der Waals surface area contributed by atoms with E-state index in [-0.39, 0.29) is 0 Å². The molecular weight excluding hydrogens is 292 g/mol. The molecule has 3 aromatic rings. The Morgan fingerprint density at radius 3 is 2.77 bits per heavy atom. The first-order chi connectivity index (χ1) is 10.8. The zero-order valence-electron chi connectivity index (χ0n) is 12.8. The zero-order chi connectivity index (χ0) is 15.1. The molecule has 0 spiro atoms. The normalized spacial score (nSPS) is 14.2. The molecule has 0 bridgehead atoms. The Bertz CT molecular complexity index is 840. The molecule has 1 aromatic heterocycles. The van der Waals surface area contributed by atoms with Gasteiger partial charge in [-0.05, 0) is 36.1 Å². The van der Waals surface area contributed by atoms with Crippen molar-refractivity contribution in [2.75, 3.05) is 18.6 Å². The van der Waals surface area contributed by atoms with Crippen LogP contribution in [0.4, 0.5) is 5.13 Å². The summed E-state index contributed by atoms with van der Waals surface area (Å²) in [6, 6.07) is 12.8. The summed E-state index contributed by atoms with van der Waals surface area (Å²) in [5, 5.41) is 1.09. The van der Waals surface area contributed by atoms with Gasteiger partial charge in [-0.15, -0.1) is 0 Å². The Labute approximate surface area is 134 Å². The summed E-state index contributed by atoms with van der Waals surface area (Å²) in [5.41, 5.74) is 5.13. The second-order valence-corrected chi connectivity index (χ2v) is 6.68. The van der Waals surface area contributed by atoms with E-state index in [9.17, 15) is 0 Å². The van der Waals surface area contributed by atoms with Crippen LogP contribution in [0.2, 0.25) is 0 Å².